The molecule has 4 nitrogen and oxygen atoms in total. The Balaban J connectivity index is 2.15. The molecule has 1 saturated heterocycles. The summed E-state index contributed by atoms with van der Waals surface area (Å²) in [6.07, 6.45) is -3.47. The average molecular weight is 254 g/mol. The van der Waals surface area contributed by atoms with Crippen molar-refractivity contribution in [3.63, 3.8) is 0 Å². The van der Waals surface area contributed by atoms with Gasteiger partial charge in [0.05, 0.1) is 6.54 Å². The van der Waals surface area contributed by atoms with Crippen molar-refractivity contribution in [1.29, 1.82) is 0 Å². The molecule has 0 aromatic rings. The maximum absolute atomic E-state index is 12.1. The van der Waals surface area contributed by atoms with Gasteiger partial charge in [0.15, 0.2) is 0 Å². The molecule has 1 aliphatic rings. The Bertz CT molecular complexity index is 250. The Morgan fingerprint density at radius 1 is 1.12 bits per heavy atom. The summed E-state index contributed by atoms with van der Waals surface area (Å²) in [5, 5.41) is 8.46. The lowest BCUT2D eigenvalue weighted by atomic mass is 10.2. The first kappa shape index (κ1) is 14.2. The third kappa shape index (κ3) is 6.48. The molecule has 7 heteroatoms. The predicted molar refractivity (Wildman–Crippen MR) is 55.8 cm³/mol. The highest BCUT2D eigenvalue weighted by molar-refractivity contribution is 5.66. The lowest BCUT2D eigenvalue weighted by Crippen LogP contribution is -2.49. The summed E-state index contributed by atoms with van der Waals surface area (Å²) in [5.41, 5.74) is 0. The van der Waals surface area contributed by atoms with Crippen molar-refractivity contribution in [3.05, 3.63) is 0 Å². The van der Waals surface area contributed by atoms with Crippen LogP contribution in [0, 0.1) is 0 Å². The van der Waals surface area contributed by atoms with Crippen LogP contribution in [0.1, 0.15) is 12.8 Å². The van der Waals surface area contributed by atoms with Crippen molar-refractivity contribution < 1.29 is 23.1 Å². The van der Waals surface area contributed by atoms with Crippen molar-refractivity contribution in [3.8, 4) is 0 Å². The normalized spacial score (nSPS) is 19.5. The van der Waals surface area contributed by atoms with Gasteiger partial charge in [0.2, 0.25) is 0 Å². The minimum Gasteiger partial charge on any atom is -0.481 e. The van der Waals surface area contributed by atoms with Gasteiger partial charge in [-0.2, -0.15) is 13.2 Å². The number of carboxylic acids is 1. The Morgan fingerprint density at radius 3 is 2.12 bits per heavy atom. The maximum Gasteiger partial charge on any atom is 0.401 e. The van der Waals surface area contributed by atoms with E-state index in [0.717, 1.165) is 0 Å². The van der Waals surface area contributed by atoms with Gasteiger partial charge < -0.3 is 10.0 Å². The van der Waals surface area contributed by atoms with E-state index in [0.29, 0.717) is 39.1 Å². The number of alkyl halides is 3. The Hall–Kier alpha value is -0.820. The summed E-state index contributed by atoms with van der Waals surface area (Å²) < 4.78 is 36.3. The molecule has 100 valence electrons. The van der Waals surface area contributed by atoms with Gasteiger partial charge in [-0.15, -0.1) is 0 Å². The lowest BCUT2D eigenvalue weighted by Gasteiger charge is -2.34. The van der Waals surface area contributed by atoms with Gasteiger partial charge in [-0.05, 0) is 13.0 Å². The Labute approximate surface area is 98.0 Å². The van der Waals surface area contributed by atoms with Crippen LogP contribution < -0.4 is 0 Å². The first-order valence-electron chi connectivity index (χ1n) is 5.60. The molecule has 0 unspecified atom stereocenters. The molecule has 1 rings (SSSR count). The first-order valence-corrected chi connectivity index (χ1v) is 5.60. The van der Waals surface area contributed by atoms with Crippen LogP contribution in [0.15, 0.2) is 0 Å². The van der Waals surface area contributed by atoms with Crippen LogP contribution in [0.3, 0.4) is 0 Å². The number of piperazine rings is 1. The summed E-state index contributed by atoms with van der Waals surface area (Å²) in [7, 11) is 0. The van der Waals surface area contributed by atoms with Crippen LogP contribution in [0.4, 0.5) is 13.2 Å². The summed E-state index contributed by atoms with van der Waals surface area (Å²) in [6.45, 7) is 1.74. The SMILES string of the molecule is O=C(O)CCCN1CCN(CC(F)(F)F)CC1. The first-order chi connectivity index (χ1) is 7.87. The number of hydrogen-bond acceptors (Lipinski definition) is 3. The number of halogens is 3. The topological polar surface area (TPSA) is 43.8 Å². The average Bonchev–Trinajstić information content (AvgIpc) is 2.18. The standard InChI is InChI=1S/C10H17F3N2O2/c11-10(12,13)8-15-6-4-14(5-7-15)3-1-2-9(16)17/h1-8H2,(H,16,17). The number of nitrogens with zero attached hydrogens (tertiary/aromatic N) is 2. The van der Waals surface area contributed by atoms with E-state index in [4.69, 9.17) is 5.11 Å². The minimum absolute atomic E-state index is 0.114. The molecule has 0 amide bonds. The van der Waals surface area contributed by atoms with Gasteiger partial charge in [-0.1, -0.05) is 0 Å². The summed E-state index contributed by atoms with van der Waals surface area (Å²) >= 11 is 0. The van der Waals surface area contributed by atoms with Crippen molar-refractivity contribution in [2.45, 2.75) is 19.0 Å². The Morgan fingerprint density at radius 2 is 1.65 bits per heavy atom. The van der Waals surface area contributed by atoms with E-state index >= 15 is 0 Å². The van der Waals surface area contributed by atoms with E-state index in [-0.39, 0.29) is 6.42 Å². The summed E-state index contributed by atoms with van der Waals surface area (Å²) in [6, 6.07) is 0. The number of rotatable bonds is 5. The maximum atomic E-state index is 12.1. The van der Waals surface area contributed by atoms with Crippen LogP contribution in [-0.4, -0.2) is 66.3 Å². The van der Waals surface area contributed by atoms with Crippen molar-refractivity contribution >= 4 is 5.97 Å². The fraction of sp³-hybridized carbons (Fsp3) is 0.900. The number of aliphatic carboxylic acids is 1. The highest BCUT2D eigenvalue weighted by atomic mass is 19.4. The molecule has 0 atom stereocenters. The molecule has 0 aromatic heterocycles. The van der Waals surface area contributed by atoms with Crippen LogP contribution in [-0.2, 0) is 4.79 Å². The zero-order valence-electron chi connectivity index (χ0n) is 9.54. The smallest absolute Gasteiger partial charge is 0.401 e. The van der Waals surface area contributed by atoms with Gasteiger partial charge in [0, 0.05) is 32.6 Å². The zero-order chi connectivity index (χ0) is 12.9. The molecule has 1 fully saturated rings. The third-order valence-corrected chi connectivity index (χ3v) is 2.73. The van der Waals surface area contributed by atoms with Gasteiger partial charge in [0.25, 0.3) is 0 Å². The van der Waals surface area contributed by atoms with Crippen molar-refractivity contribution in [2.75, 3.05) is 39.3 Å². The van der Waals surface area contributed by atoms with Gasteiger partial charge in [-0.3, -0.25) is 9.69 Å². The van der Waals surface area contributed by atoms with E-state index < -0.39 is 18.7 Å². The molecule has 0 aliphatic carbocycles. The lowest BCUT2D eigenvalue weighted by molar-refractivity contribution is -0.149. The molecule has 0 spiro atoms. The molecular weight excluding hydrogens is 237 g/mol. The Kier molecular flexibility index (Phi) is 5.20. The molecule has 17 heavy (non-hydrogen) atoms. The van der Waals surface area contributed by atoms with E-state index in [1.807, 2.05) is 4.90 Å². The summed E-state index contributed by atoms with van der Waals surface area (Å²) in [5.74, 6) is -0.833. The molecular formula is C10H17F3N2O2. The largest absolute Gasteiger partial charge is 0.481 e. The second kappa shape index (κ2) is 6.20. The molecule has 0 saturated carbocycles. The molecule has 1 heterocycles. The van der Waals surface area contributed by atoms with E-state index in [2.05, 4.69) is 0 Å². The molecule has 1 aliphatic heterocycles. The molecule has 0 aromatic carbocycles. The van der Waals surface area contributed by atoms with Gasteiger partial charge in [-0.25, -0.2) is 0 Å². The minimum atomic E-state index is -4.13. The molecule has 0 radical (unpaired) electrons. The second-order valence-electron chi connectivity index (χ2n) is 4.23. The number of hydrogen-bond donors (Lipinski definition) is 1. The van der Waals surface area contributed by atoms with Crippen LogP contribution >= 0.6 is 0 Å². The summed E-state index contributed by atoms with van der Waals surface area (Å²) in [4.78, 5) is 13.7. The van der Waals surface area contributed by atoms with Gasteiger partial charge in [0.1, 0.15) is 0 Å². The van der Waals surface area contributed by atoms with Crippen LogP contribution in [0.25, 0.3) is 0 Å². The van der Waals surface area contributed by atoms with Crippen molar-refractivity contribution in [1.82, 2.24) is 9.80 Å². The fourth-order valence-electron chi connectivity index (χ4n) is 1.88. The van der Waals surface area contributed by atoms with Crippen LogP contribution in [0.5, 0.6) is 0 Å². The van der Waals surface area contributed by atoms with Crippen molar-refractivity contribution in [2.24, 2.45) is 0 Å². The molecule has 1 N–H and O–H groups in total. The fourth-order valence-corrected chi connectivity index (χ4v) is 1.88. The quantitative estimate of drug-likeness (QED) is 0.796. The highest BCUT2D eigenvalue weighted by Gasteiger charge is 2.31. The van der Waals surface area contributed by atoms with E-state index in [1.165, 1.54) is 4.90 Å². The highest BCUT2D eigenvalue weighted by Crippen LogP contribution is 2.17. The van der Waals surface area contributed by atoms with Crippen LogP contribution in [0.2, 0.25) is 0 Å². The molecule has 0 bridgehead atoms. The number of carbonyl (C=O) groups is 1. The predicted octanol–water partition coefficient (Wildman–Crippen LogP) is 1.03. The zero-order valence-corrected chi connectivity index (χ0v) is 9.54. The number of carboxylic acid groups (broad SMARTS) is 1. The van der Waals surface area contributed by atoms with E-state index in [9.17, 15) is 18.0 Å². The monoisotopic (exact) mass is 254 g/mol. The third-order valence-electron chi connectivity index (χ3n) is 2.73. The van der Waals surface area contributed by atoms with Gasteiger partial charge >= 0.3 is 12.1 Å². The second-order valence-corrected chi connectivity index (χ2v) is 4.23. The van der Waals surface area contributed by atoms with E-state index in [1.54, 1.807) is 0 Å².